The Hall–Kier alpha value is -2.17. The Labute approximate surface area is 149 Å². The van der Waals surface area contributed by atoms with E-state index in [0.717, 1.165) is 24.1 Å². The Morgan fingerprint density at radius 3 is 2.72 bits per heavy atom. The summed E-state index contributed by atoms with van der Waals surface area (Å²) in [5.74, 6) is 0.0540. The Bertz CT molecular complexity index is 727. The number of fused-ring (bicyclic) bond motifs is 1. The van der Waals surface area contributed by atoms with E-state index >= 15 is 0 Å². The summed E-state index contributed by atoms with van der Waals surface area (Å²) in [6, 6.07) is 16.3. The van der Waals surface area contributed by atoms with Gasteiger partial charge in [0.1, 0.15) is 0 Å². The number of amides is 1. The summed E-state index contributed by atoms with van der Waals surface area (Å²) in [6.45, 7) is 5.93. The van der Waals surface area contributed by atoms with Gasteiger partial charge in [-0.05, 0) is 42.5 Å². The fourth-order valence-corrected chi connectivity index (χ4v) is 3.04. The number of ether oxygens (including phenoxy) is 1. The van der Waals surface area contributed by atoms with Crippen LogP contribution in [0.15, 0.2) is 48.5 Å². The molecular weight excluding hydrogens is 312 g/mol. The molecule has 0 bridgehead atoms. The van der Waals surface area contributed by atoms with E-state index < -0.39 is 0 Å². The van der Waals surface area contributed by atoms with Crippen LogP contribution in [0.3, 0.4) is 0 Å². The minimum Gasteiger partial charge on any atom is -0.374 e. The maximum atomic E-state index is 12.5. The summed E-state index contributed by atoms with van der Waals surface area (Å²) in [6.07, 6.45) is 0.952. The molecule has 0 saturated heterocycles. The van der Waals surface area contributed by atoms with Crippen molar-refractivity contribution in [3.63, 3.8) is 0 Å². The second-order valence-corrected chi connectivity index (χ2v) is 6.80. The first-order valence-electron chi connectivity index (χ1n) is 8.89. The summed E-state index contributed by atoms with van der Waals surface area (Å²) < 4.78 is 5.64. The largest absolute Gasteiger partial charge is 0.374 e. The second-order valence-electron chi connectivity index (χ2n) is 6.80. The minimum absolute atomic E-state index is 0.0540. The van der Waals surface area contributed by atoms with Crippen LogP contribution >= 0.6 is 0 Å². The van der Waals surface area contributed by atoms with E-state index in [1.54, 1.807) is 0 Å². The van der Waals surface area contributed by atoms with Crippen molar-refractivity contribution < 1.29 is 9.53 Å². The highest BCUT2D eigenvalue weighted by atomic mass is 16.5. The van der Waals surface area contributed by atoms with Crippen LogP contribution in [0.5, 0.6) is 0 Å². The fraction of sp³-hybridized carbons (Fsp3) is 0.381. The van der Waals surface area contributed by atoms with Gasteiger partial charge in [-0.2, -0.15) is 0 Å². The van der Waals surface area contributed by atoms with Crippen LogP contribution in [0, 0.1) is 0 Å². The van der Waals surface area contributed by atoms with E-state index in [1.807, 2.05) is 44.2 Å². The molecule has 4 heteroatoms. The van der Waals surface area contributed by atoms with Crippen molar-refractivity contribution in [1.29, 1.82) is 0 Å². The van der Waals surface area contributed by atoms with Crippen LogP contribution in [-0.2, 0) is 35.6 Å². The average Bonchev–Trinajstić information content (AvgIpc) is 2.64. The van der Waals surface area contributed by atoms with Crippen molar-refractivity contribution >= 4 is 5.91 Å². The van der Waals surface area contributed by atoms with Gasteiger partial charge in [0, 0.05) is 13.1 Å². The predicted molar refractivity (Wildman–Crippen MR) is 99.0 cm³/mol. The molecule has 0 radical (unpaired) electrons. The van der Waals surface area contributed by atoms with Crippen molar-refractivity contribution in [3.8, 4) is 0 Å². The number of carbonyl (C=O) groups excluding carboxylic acids is 1. The Kier molecular flexibility index (Phi) is 5.84. The Balaban J connectivity index is 1.53. The molecule has 4 nitrogen and oxygen atoms in total. The Morgan fingerprint density at radius 1 is 1.16 bits per heavy atom. The van der Waals surface area contributed by atoms with Crippen molar-refractivity contribution in [2.24, 2.45) is 0 Å². The molecule has 2 aromatic carbocycles. The summed E-state index contributed by atoms with van der Waals surface area (Å²) in [4.78, 5) is 12.5. The topological polar surface area (TPSA) is 50.4 Å². The molecule has 0 saturated carbocycles. The molecular formula is C21H26N2O2. The molecule has 25 heavy (non-hydrogen) atoms. The number of carbonyl (C=O) groups is 1. The number of rotatable bonds is 6. The lowest BCUT2D eigenvalue weighted by Crippen LogP contribution is -2.47. The predicted octanol–water partition coefficient (Wildman–Crippen LogP) is 2.94. The zero-order chi connectivity index (χ0) is 17.6. The smallest absolute Gasteiger partial charge is 0.237 e. The van der Waals surface area contributed by atoms with Crippen LogP contribution < -0.4 is 10.6 Å². The van der Waals surface area contributed by atoms with E-state index in [-0.39, 0.29) is 18.1 Å². The summed E-state index contributed by atoms with van der Waals surface area (Å²) in [5, 5.41) is 6.37. The molecule has 132 valence electrons. The fourth-order valence-electron chi connectivity index (χ4n) is 3.04. The van der Waals surface area contributed by atoms with Gasteiger partial charge in [-0.25, -0.2) is 0 Å². The van der Waals surface area contributed by atoms with Crippen LogP contribution in [0.25, 0.3) is 0 Å². The lowest BCUT2D eigenvalue weighted by atomic mass is 9.95. The monoisotopic (exact) mass is 338 g/mol. The summed E-state index contributed by atoms with van der Waals surface area (Å²) in [7, 11) is 0. The van der Waals surface area contributed by atoms with E-state index in [4.69, 9.17) is 4.74 Å². The standard InChI is InChI=1S/C21H26N2O2/c1-15(2)25-14-17-7-5-6-16(10-17)12-23-21(24)20-11-18-8-3-4-9-19(18)13-22-20/h3-10,15,20,22H,11-14H2,1-2H3,(H,23,24)/t20-/m0/s1. The van der Waals surface area contributed by atoms with E-state index in [1.165, 1.54) is 11.1 Å². The molecule has 0 aromatic heterocycles. The average molecular weight is 338 g/mol. The number of nitrogens with one attached hydrogen (secondary N) is 2. The second kappa shape index (κ2) is 8.28. The molecule has 0 fully saturated rings. The highest BCUT2D eigenvalue weighted by molar-refractivity contribution is 5.82. The summed E-state index contributed by atoms with van der Waals surface area (Å²) >= 11 is 0. The molecule has 0 aliphatic carbocycles. The third kappa shape index (κ3) is 4.91. The number of hydrogen-bond acceptors (Lipinski definition) is 3. The molecule has 0 unspecified atom stereocenters. The van der Waals surface area contributed by atoms with Gasteiger partial charge in [-0.1, -0.05) is 48.5 Å². The minimum atomic E-state index is -0.164. The normalized spacial score (nSPS) is 16.5. The maximum Gasteiger partial charge on any atom is 0.237 e. The van der Waals surface area contributed by atoms with E-state index in [0.29, 0.717) is 13.2 Å². The van der Waals surface area contributed by atoms with Crippen LogP contribution in [-0.4, -0.2) is 18.1 Å². The molecule has 0 spiro atoms. The Morgan fingerprint density at radius 2 is 1.92 bits per heavy atom. The lowest BCUT2D eigenvalue weighted by molar-refractivity contribution is -0.123. The molecule has 1 heterocycles. The van der Waals surface area contributed by atoms with Crippen molar-refractivity contribution in [1.82, 2.24) is 10.6 Å². The number of hydrogen-bond donors (Lipinski definition) is 2. The quantitative estimate of drug-likeness (QED) is 0.851. The van der Waals surface area contributed by atoms with Crippen molar-refractivity contribution in [3.05, 3.63) is 70.8 Å². The zero-order valence-corrected chi connectivity index (χ0v) is 14.9. The van der Waals surface area contributed by atoms with Crippen molar-refractivity contribution in [2.45, 2.75) is 52.1 Å². The van der Waals surface area contributed by atoms with Gasteiger partial charge in [-0.15, -0.1) is 0 Å². The zero-order valence-electron chi connectivity index (χ0n) is 14.9. The maximum absolute atomic E-state index is 12.5. The molecule has 1 atom stereocenters. The first-order chi connectivity index (χ1) is 12.1. The van der Waals surface area contributed by atoms with Gasteiger partial charge in [0.25, 0.3) is 0 Å². The van der Waals surface area contributed by atoms with Crippen LogP contribution in [0.2, 0.25) is 0 Å². The molecule has 1 amide bonds. The van der Waals surface area contributed by atoms with Crippen LogP contribution in [0.4, 0.5) is 0 Å². The number of benzene rings is 2. The van der Waals surface area contributed by atoms with Gasteiger partial charge in [0.2, 0.25) is 5.91 Å². The third-order valence-electron chi connectivity index (χ3n) is 4.44. The van der Waals surface area contributed by atoms with E-state index in [2.05, 4.69) is 28.8 Å². The van der Waals surface area contributed by atoms with E-state index in [9.17, 15) is 4.79 Å². The van der Waals surface area contributed by atoms with Gasteiger partial charge in [-0.3, -0.25) is 4.79 Å². The van der Waals surface area contributed by atoms with Gasteiger partial charge in [0.15, 0.2) is 0 Å². The molecule has 2 aromatic rings. The third-order valence-corrected chi connectivity index (χ3v) is 4.44. The SMILES string of the molecule is CC(C)OCc1cccc(CNC(=O)[C@@H]2Cc3ccccc3CN2)c1. The van der Waals surface area contributed by atoms with Crippen LogP contribution in [0.1, 0.15) is 36.1 Å². The molecule has 1 aliphatic heterocycles. The summed E-state index contributed by atoms with van der Waals surface area (Å²) in [5.41, 5.74) is 4.76. The van der Waals surface area contributed by atoms with Gasteiger partial charge >= 0.3 is 0 Å². The highest BCUT2D eigenvalue weighted by Crippen LogP contribution is 2.16. The van der Waals surface area contributed by atoms with Gasteiger partial charge in [0.05, 0.1) is 18.8 Å². The van der Waals surface area contributed by atoms with Gasteiger partial charge < -0.3 is 15.4 Å². The lowest BCUT2D eigenvalue weighted by Gasteiger charge is -2.25. The van der Waals surface area contributed by atoms with Crippen molar-refractivity contribution in [2.75, 3.05) is 0 Å². The highest BCUT2D eigenvalue weighted by Gasteiger charge is 2.23. The molecule has 1 aliphatic rings. The molecule has 3 rings (SSSR count). The first-order valence-corrected chi connectivity index (χ1v) is 8.89. The first kappa shape index (κ1) is 17.6. The molecule has 2 N–H and O–H groups in total.